The van der Waals surface area contributed by atoms with Crippen LogP contribution in [0, 0.1) is 3.57 Å². The highest BCUT2D eigenvalue weighted by molar-refractivity contribution is 14.1. The van der Waals surface area contributed by atoms with Crippen molar-refractivity contribution in [2.75, 3.05) is 0 Å². The number of hydrogen-bond acceptors (Lipinski definition) is 4. The Hall–Kier alpha value is -1.18. The Morgan fingerprint density at radius 1 is 1.54 bits per heavy atom. The van der Waals surface area contributed by atoms with E-state index in [4.69, 9.17) is 0 Å². The number of halogens is 1. The number of aromatic nitrogens is 3. The second-order valence-corrected chi connectivity index (χ2v) is 3.56. The lowest BCUT2D eigenvalue weighted by molar-refractivity contribution is 0.186. The predicted octanol–water partition coefficient (Wildman–Crippen LogP) is 0.633. The van der Waals surface area contributed by atoms with Gasteiger partial charge >= 0.3 is 0 Å². The molecule has 0 saturated heterocycles. The molecule has 0 fully saturated rings. The van der Waals surface area contributed by atoms with Crippen molar-refractivity contribution in [2.45, 2.75) is 0 Å². The Morgan fingerprint density at radius 2 is 2.31 bits per heavy atom. The van der Waals surface area contributed by atoms with E-state index in [0.717, 1.165) is 3.57 Å². The monoisotopic (exact) mass is 289 g/mol. The van der Waals surface area contributed by atoms with Crippen molar-refractivity contribution in [3.63, 3.8) is 0 Å². The van der Waals surface area contributed by atoms with Gasteiger partial charge in [-0.1, -0.05) is 0 Å². The molecule has 0 radical (unpaired) electrons. The summed E-state index contributed by atoms with van der Waals surface area (Å²) in [5, 5.41) is 9.95. The normalized spacial score (nSPS) is 10.5. The van der Waals surface area contributed by atoms with Crippen molar-refractivity contribution >= 4 is 33.6 Å². The molecule has 1 N–H and O–H groups in total. The lowest BCUT2D eigenvalue weighted by Crippen LogP contribution is -2.18. The minimum atomic E-state index is -0.490. The molecule has 6 heteroatoms. The Labute approximate surface area is 86.2 Å². The van der Waals surface area contributed by atoms with Gasteiger partial charge < -0.3 is 5.21 Å². The SMILES string of the molecule is O=c1cc(I)c2cncnc2n1O. The molecule has 13 heavy (non-hydrogen) atoms. The first-order valence-corrected chi connectivity index (χ1v) is 4.48. The smallest absolute Gasteiger partial charge is 0.285 e. The molecule has 5 nitrogen and oxygen atoms in total. The van der Waals surface area contributed by atoms with Crippen molar-refractivity contribution in [1.82, 2.24) is 14.7 Å². The van der Waals surface area contributed by atoms with Crippen LogP contribution in [0.2, 0.25) is 0 Å². The fraction of sp³-hybridized carbons (Fsp3) is 0. The largest absolute Gasteiger partial charge is 0.423 e. The lowest BCUT2D eigenvalue weighted by atomic mass is 10.3. The predicted molar refractivity (Wildman–Crippen MR) is 53.7 cm³/mol. The number of pyridine rings is 1. The second-order valence-electron chi connectivity index (χ2n) is 2.40. The van der Waals surface area contributed by atoms with Gasteiger partial charge in [0.15, 0.2) is 5.65 Å². The van der Waals surface area contributed by atoms with Gasteiger partial charge in [-0.25, -0.2) is 9.97 Å². The quantitative estimate of drug-likeness (QED) is 0.570. The molecule has 2 aromatic rings. The summed E-state index contributed by atoms with van der Waals surface area (Å²) in [5.41, 5.74) is -0.262. The van der Waals surface area contributed by atoms with E-state index in [1.54, 1.807) is 6.20 Å². The molecule has 2 aromatic heterocycles. The molecule has 0 aliphatic rings. The molecule has 0 atom stereocenters. The maximum absolute atomic E-state index is 11.1. The molecule has 0 amide bonds. The summed E-state index contributed by atoms with van der Waals surface area (Å²) in [7, 11) is 0. The molecular weight excluding hydrogens is 285 g/mol. The number of nitrogens with zero attached hydrogens (tertiary/aromatic N) is 3. The fourth-order valence-electron chi connectivity index (χ4n) is 1.01. The van der Waals surface area contributed by atoms with Crippen LogP contribution in [0.25, 0.3) is 11.0 Å². The fourth-order valence-corrected chi connectivity index (χ4v) is 1.66. The maximum Gasteiger partial charge on any atom is 0.285 e. The highest BCUT2D eigenvalue weighted by Crippen LogP contribution is 2.13. The van der Waals surface area contributed by atoms with Gasteiger partial charge in [0, 0.05) is 15.8 Å². The summed E-state index contributed by atoms with van der Waals surface area (Å²) in [6.45, 7) is 0. The summed E-state index contributed by atoms with van der Waals surface area (Å²) in [5.74, 6) is 0. The number of fused-ring (bicyclic) bond motifs is 1. The molecule has 0 spiro atoms. The average molecular weight is 289 g/mol. The molecule has 0 aliphatic heterocycles. The van der Waals surface area contributed by atoms with Crippen LogP contribution in [0.5, 0.6) is 0 Å². The van der Waals surface area contributed by atoms with Gasteiger partial charge in [-0.15, -0.1) is 4.73 Å². The van der Waals surface area contributed by atoms with Gasteiger partial charge in [0.25, 0.3) is 5.56 Å². The minimum absolute atomic E-state index is 0.229. The standard InChI is InChI=1S/C7H4IN3O2/c8-5-1-6(12)11(13)7-4(5)2-9-3-10-7/h1-3,13H. The number of hydrogen-bond donors (Lipinski definition) is 1. The Balaban J connectivity index is 3.06. The molecule has 0 saturated carbocycles. The minimum Gasteiger partial charge on any atom is -0.423 e. The molecule has 2 rings (SSSR count). The van der Waals surface area contributed by atoms with E-state index in [2.05, 4.69) is 9.97 Å². The Bertz CT molecular complexity index is 523. The summed E-state index contributed by atoms with van der Waals surface area (Å²) in [6.07, 6.45) is 2.83. The third-order valence-corrected chi connectivity index (χ3v) is 2.50. The van der Waals surface area contributed by atoms with Gasteiger partial charge in [-0.05, 0) is 22.6 Å². The summed E-state index contributed by atoms with van der Waals surface area (Å²) in [4.78, 5) is 18.7. The van der Waals surface area contributed by atoms with E-state index in [-0.39, 0.29) is 5.65 Å². The van der Waals surface area contributed by atoms with E-state index in [0.29, 0.717) is 10.1 Å². The third kappa shape index (κ3) is 1.26. The third-order valence-electron chi connectivity index (χ3n) is 1.61. The van der Waals surface area contributed by atoms with Crippen LogP contribution in [-0.4, -0.2) is 19.9 Å². The molecule has 0 aliphatic carbocycles. The van der Waals surface area contributed by atoms with Gasteiger partial charge in [0.1, 0.15) is 6.33 Å². The summed E-state index contributed by atoms with van der Waals surface area (Å²) >= 11 is 2.00. The van der Waals surface area contributed by atoms with Gasteiger partial charge in [0.2, 0.25) is 0 Å². The van der Waals surface area contributed by atoms with Gasteiger partial charge in [-0.2, -0.15) is 0 Å². The maximum atomic E-state index is 11.1. The molecule has 0 unspecified atom stereocenters. The molecule has 0 aromatic carbocycles. The van der Waals surface area contributed by atoms with Crippen LogP contribution in [0.4, 0.5) is 0 Å². The van der Waals surface area contributed by atoms with E-state index in [1.165, 1.54) is 12.4 Å². The van der Waals surface area contributed by atoms with Crippen LogP contribution in [0.1, 0.15) is 0 Å². The van der Waals surface area contributed by atoms with Crippen molar-refractivity contribution in [2.24, 2.45) is 0 Å². The van der Waals surface area contributed by atoms with Gasteiger partial charge in [0.05, 0.1) is 5.39 Å². The first kappa shape index (κ1) is 8.42. The van der Waals surface area contributed by atoms with Gasteiger partial charge in [-0.3, -0.25) is 4.79 Å². The lowest BCUT2D eigenvalue weighted by Gasteiger charge is -2.01. The average Bonchev–Trinajstić information content (AvgIpc) is 2.15. The van der Waals surface area contributed by atoms with E-state index in [9.17, 15) is 10.0 Å². The second kappa shape index (κ2) is 2.95. The van der Waals surface area contributed by atoms with E-state index in [1.807, 2.05) is 22.6 Å². The summed E-state index contributed by atoms with van der Waals surface area (Å²) < 4.78 is 1.24. The van der Waals surface area contributed by atoms with Crippen LogP contribution in [0.15, 0.2) is 23.4 Å². The topological polar surface area (TPSA) is 68.0 Å². The Morgan fingerprint density at radius 3 is 3.08 bits per heavy atom. The Kier molecular flexibility index (Phi) is 1.91. The van der Waals surface area contributed by atoms with Crippen molar-refractivity contribution in [1.29, 1.82) is 0 Å². The summed E-state index contributed by atoms with van der Waals surface area (Å²) in [6, 6.07) is 1.33. The van der Waals surface area contributed by atoms with Crippen LogP contribution < -0.4 is 5.56 Å². The highest BCUT2D eigenvalue weighted by atomic mass is 127. The zero-order valence-electron chi connectivity index (χ0n) is 6.31. The van der Waals surface area contributed by atoms with Crippen LogP contribution >= 0.6 is 22.6 Å². The van der Waals surface area contributed by atoms with Crippen molar-refractivity contribution < 1.29 is 5.21 Å². The molecular formula is C7H4IN3O2. The van der Waals surface area contributed by atoms with E-state index >= 15 is 0 Å². The highest BCUT2D eigenvalue weighted by Gasteiger charge is 2.06. The molecule has 0 bridgehead atoms. The first-order chi connectivity index (χ1) is 6.20. The van der Waals surface area contributed by atoms with Crippen molar-refractivity contribution in [3.8, 4) is 0 Å². The first-order valence-electron chi connectivity index (χ1n) is 3.40. The number of rotatable bonds is 0. The van der Waals surface area contributed by atoms with Crippen LogP contribution in [0.3, 0.4) is 0 Å². The van der Waals surface area contributed by atoms with E-state index < -0.39 is 5.56 Å². The molecule has 66 valence electrons. The molecule has 2 heterocycles. The van der Waals surface area contributed by atoms with Crippen LogP contribution in [-0.2, 0) is 0 Å². The zero-order chi connectivity index (χ0) is 9.42. The zero-order valence-corrected chi connectivity index (χ0v) is 8.46. The van der Waals surface area contributed by atoms with Crippen molar-refractivity contribution in [3.05, 3.63) is 32.5 Å².